The van der Waals surface area contributed by atoms with Crippen molar-refractivity contribution in [3.05, 3.63) is 0 Å². The second kappa shape index (κ2) is 6.73. The number of rotatable bonds is 6. The summed E-state index contributed by atoms with van der Waals surface area (Å²) in [6.45, 7) is 0. The molecule has 4 unspecified atom stereocenters. The lowest BCUT2D eigenvalue weighted by molar-refractivity contribution is -0.304. The fourth-order valence-corrected chi connectivity index (χ4v) is 2.14. The van der Waals surface area contributed by atoms with Crippen LogP contribution in [0.4, 0.5) is 48.3 Å². The quantitative estimate of drug-likeness (QED) is 0.273. The van der Waals surface area contributed by atoms with Gasteiger partial charge in [0.05, 0.1) is 7.11 Å². The van der Waals surface area contributed by atoms with Gasteiger partial charge in [0.15, 0.2) is 0 Å². The molecule has 17 heteroatoms. The summed E-state index contributed by atoms with van der Waals surface area (Å²) < 4.78 is 149. The summed E-state index contributed by atoms with van der Waals surface area (Å²) >= 11 is 16.1. The third-order valence-electron chi connectivity index (χ3n) is 2.77. The highest BCUT2D eigenvalue weighted by atomic mass is 35.5. The van der Waals surface area contributed by atoms with Crippen LogP contribution in [0.1, 0.15) is 0 Å². The van der Waals surface area contributed by atoms with Gasteiger partial charge in [0.2, 0.25) is 0 Å². The van der Waals surface area contributed by atoms with Crippen molar-refractivity contribution in [2.45, 2.75) is 38.5 Å². The third-order valence-corrected chi connectivity index (χ3v) is 4.71. The number of hydrogen-bond acceptors (Lipinski definition) is 2. The van der Waals surface area contributed by atoms with Gasteiger partial charge >= 0.3 is 44.5 Å². The lowest BCUT2D eigenvalue weighted by Gasteiger charge is -2.43. The molecule has 0 saturated carbocycles. The van der Waals surface area contributed by atoms with Crippen LogP contribution in [0, 0.1) is 0 Å². The van der Waals surface area contributed by atoms with Gasteiger partial charge in [0.1, 0.15) is 0 Å². The summed E-state index contributed by atoms with van der Waals surface area (Å²) in [5, 5.41) is -25.3. The van der Waals surface area contributed by atoms with E-state index >= 15 is 0 Å². The molecule has 0 aromatic carbocycles. The van der Waals surface area contributed by atoms with Crippen molar-refractivity contribution in [3.63, 3.8) is 0 Å². The third kappa shape index (κ3) is 3.26. The fraction of sp³-hybridized carbons (Fsp3) is 0.889. The predicted octanol–water partition coefficient (Wildman–Crippen LogP) is 5.61. The molecular formula is C9H3Cl4F11O2. The number of alkyl halides is 15. The number of carbonyl (C=O) groups excluding carboxylic acids is 1. The van der Waals surface area contributed by atoms with Crippen LogP contribution in [0.3, 0.4) is 0 Å². The number of hydrogen-bond donors (Lipinski definition) is 0. The number of ether oxygens (including phenoxy) is 1. The molecule has 0 saturated heterocycles. The first kappa shape index (κ1) is 25.9. The van der Waals surface area contributed by atoms with Gasteiger partial charge in [-0.05, 0) is 0 Å². The SMILES string of the molecule is COC(=O)C(F)(Cl)C(F)(F)C(F)(Cl)C(F)(F)C(F)(Cl)C(F)(Cl)C(F)(F)F. The van der Waals surface area contributed by atoms with Crippen molar-refractivity contribution in [2.75, 3.05) is 7.11 Å². The van der Waals surface area contributed by atoms with Crippen molar-refractivity contribution in [3.8, 4) is 0 Å². The van der Waals surface area contributed by atoms with Crippen molar-refractivity contribution in [1.29, 1.82) is 0 Å². The molecule has 0 aliphatic heterocycles. The second-order valence-corrected chi connectivity index (χ2v) is 6.52. The van der Waals surface area contributed by atoms with E-state index in [-0.39, 0.29) is 7.11 Å². The van der Waals surface area contributed by atoms with Gasteiger partial charge in [-0.3, -0.25) is 0 Å². The minimum Gasteiger partial charge on any atom is -0.466 e. The van der Waals surface area contributed by atoms with Gasteiger partial charge in [-0.15, -0.1) is 0 Å². The Morgan fingerprint density at radius 1 is 0.654 bits per heavy atom. The van der Waals surface area contributed by atoms with Crippen LogP contribution < -0.4 is 0 Å². The zero-order valence-electron chi connectivity index (χ0n) is 11.5. The van der Waals surface area contributed by atoms with Crippen LogP contribution in [0.25, 0.3) is 0 Å². The Bertz CT molecular complexity index is 558. The zero-order chi connectivity index (χ0) is 21.8. The van der Waals surface area contributed by atoms with E-state index in [2.05, 4.69) is 51.1 Å². The van der Waals surface area contributed by atoms with E-state index in [1.165, 1.54) is 0 Å². The predicted molar refractivity (Wildman–Crippen MR) is 66.7 cm³/mol. The van der Waals surface area contributed by atoms with Crippen LogP contribution in [-0.4, -0.2) is 51.6 Å². The Hall–Kier alpha value is -0.140. The summed E-state index contributed by atoms with van der Waals surface area (Å²) in [4.78, 5) is 10.8. The van der Waals surface area contributed by atoms with Crippen LogP contribution in [0.15, 0.2) is 0 Å². The van der Waals surface area contributed by atoms with Gasteiger partial charge in [0.25, 0.3) is 0 Å². The highest BCUT2D eigenvalue weighted by Crippen LogP contribution is 2.64. The Morgan fingerprint density at radius 2 is 1.00 bits per heavy atom. The molecule has 0 aromatic rings. The number of esters is 1. The number of methoxy groups -OCH3 is 1. The standard InChI is InChI=1S/C9H3Cl4F11O2/c1-26-2(25)3(10,14)7(18,19)6(13,17)8(20,21)4(11,15)5(12,16)9(22,23)24/h1H3. The van der Waals surface area contributed by atoms with E-state index < -0.39 is 44.5 Å². The van der Waals surface area contributed by atoms with Gasteiger partial charge in [0, 0.05) is 0 Å². The van der Waals surface area contributed by atoms with Gasteiger partial charge in [-0.1, -0.05) is 46.4 Å². The molecule has 0 N–H and O–H groups in total. The van der Waals surface area contributed by atoms with Crippen molar-refractivity contribution >= 4 is 52.4 Å². The van der Waals surface area contributed by atoms with Gasteiger partial charge < -0.3 is 4.74 Å². The summed E-state index contributed by atoms with van der Waals surface area (Å²) in [7, 11) is 0.150. The molecule has 4 atom stereocenters. The lowest BCUT2D eigenvalue weighted by atomic mass is 9.95. The average Bonchev–Trinajstić information content (AvgIpc) is 2.43. The van der Waals surface area contributed by atoms with Crippen LogP contribution in [0.5, 0.6) is 0 Å². The molecule has 0 amide bonds. The molecule has 2 nitrogen and oxygen atoms in total. The molecule has 0 bridgehead atoms. The first-order chi connectivity index (χ1) is 11.0. The summed E-state index contributed by atoms with van der Waals surface area (Å²) in [5.41, 5.74) is 0. The molecule has 0 aliphatic carbocycles. The molecule has 0 heterocycles. The first-order valence-electron chi connectivity index (χ1n) is 5.40. The van der Waals surface area contributed by atoms with Crippen molar-refractivity contribution in [1.82, 2.24) is 0 Å². The topological polar surface area (TPSA) is 26.3 Å². The highest BCUT2D eigenvalue weighted by molar-refractivity contribution is 6.37. The largest absolute Gasteiger partial charge is 0.466 e. The normalized spacial score (nSPS) is 23.2. The molecule has 0 fully saturated rings. The fourth-order valence-electron chi connectivity index (χ4n) is 1.22. The molecule has 0 spiro atoms. The van der Waals surface area contributed by atoms with Crippen LogP contribution in [0.2, 0.25) is 0 Å². The Labute approximate surface area is 156 Å². The lowest BCUT2D eigenvalue weighted by Crippen LogP contribution is -2.72. The van der Waals surface area contributed by atoms with Crippen LogP contribution in [-0.2, 0) is 9.53 Å². The smallest absolute Gasteiger partial charge is 0.441 e. The van der Waals surface area contributed by atoms with E-state index in [1.807, 2.05) is 0 Å². The summed E-state index contributed by atoms with van der Waals surface area (Å²) in [6.07, 6.45) is -6.83. The van der Waals surface area contributed by atoms with E-state index in [0.717, 1.165) is 0 Å². The van der Waals surface area contributed by atoms with E-state index in [9.17, 15) is 53.1 Å². The van der Waals surface area contributed by atoms with Crippen molar-refractivity contribution in [2.24, 2.45) is 0 Å². The molecular weight excluding hydrogens is 491 g/mol. The number of carbonyl (C=O) groups is 1. The molecule has 0 aliphatic rings. The maximum Gasteiger partial charge on any atom is 0.441 e. The Morgan fingerprint density at radius 3 is 1.27 bits per heavy atom. The minimum atomic E-state index is -7.15. The van der Waals surface area contributed by atoms with Gasteiger partial charge in [-0.2, -0.15) is 30.7 Å². The second-order valence-electron chi connectivity index (χ2n) is 4.44. The van der Waals surface area contributed by atoms with E-state index in [0.29, 0.717) is 0 Å². The van der Waals surface area contributed by atoms with Gasteiger partial charge in [-0.25, -0.2) is 22.4 Å². The zero-order valence-corrected chi connectivity index (χ0v) is 14.5. The number of halogens is 15. The van der Waals surface area contributed by atoms with E-state index in [4.69, 9.17) is 0 Å². The first-order valence-corrected chi connectivity index (χ1v) is 6.91. The molecule has 0 rings (SSSR count). The monoisotopic (exact) mass is 492 g/mol. The highest BCUT2D eigenvalue weighted by Gasteiger charge is 2.90. The average molecular weight is 494 g/mol. The maximum absolute atomic E-state index is 13.9. The molecule has 0 radical (unpaired) electrons. The molecule has 26 heavy (non-hydrogen) atoms. The van der Waals surface area contributed by atoms with Crippen LogP contribution >= 0.6 is 46.4 Å². The Kier molecular flexibility index (Phi) is 6.69. The van der Waals surface area contributed by atoms with Crippen molar-refractivity contribution < 1.29 is 57.8 Å². The maximum atomic E-state index is 13.9. The molecule has 156 valence electrons. The van der Waals surface area contributed by atoms with E-state index in [1.54, 1.807) is 0 Å². The summed E-state index contributed by atoms with van der Waals surface area (Å²) in [6, 6.07) is 0. The molecule has 0 aromatic heterocycles. The summed E-state index contributed by atoms with van der Waals surface area (Å²) in [5.74, 6) is -16.9. The minimum absolute atomic E-state index is 0.150. The Balaban J connectivity index is 6.56.